The standard InChI is InChI=1S/C23H28N4O6/c24-17(11-15-7-3-1-4-8-15)21(30)27-19(14-28)22(31)25-13-20(29)26-18(23(32)33)12-16-9-5-2-6-10-16/h1-10,17-19,28H,11-14,24H2,(H,25,31)(H,26,29)(H,27,30)(H,32,33). The van der Waals surface area contributed by atoms with Gasteiger partial charge in [-0.15, -0.1) is 0 Å². The highest BCUT2D eigenvalue weighted by molar-refractivity contribution is 5.92. The number of hydrogen-bond donors (Lipinski definition) is 6. The topological polar surface area (TPSA) is 171 Å². The number of nitrogens with two attached hydrogens (primary N) is 1. The van der Waals surface area contributed by atoms with Crippen molar-refractivity contribution in [3.05, 3.63) is 71.8 Å². The number of nitrogens with one attached hydrogen (secondary N) is 3. The summed E-state index contributed by atoms with van der Waals surface area (Å²) in [6.45, 7) is -1.23. The number of hydrogen-bond acceptors (Lipinski definition) is 6. The molecule has 0 heterocycles. The number of carbonyl (C=O) groups is 4. The van der Waals surface area contributed by atoms with E-state index in [4.69, 9.17) is 5.73 Å². The van der Waals surface area contributed by atoms with Crippen LogP contribution in [0, 0.1) is 0 Å². The maximum absolute atomic E-state index is 12.3. The minimum Gasteiger partial charge on any atom is -0.480 e. The summed E-state index contributed by atoms with van der Waals surface area (Å²) < 4.78 is 0. The van der Waals surface area contributed by atoms with E-state index in [1.165, 1.54) is 0 Å². The Labute approximate surface area is 191 Å². The minimum atomic E-state index is -1.31. The van der Waals surface area contributed by atoms with E-state index in [0.29, 0.717) is 0 Å². The number of aliphatic carboxylic acids is 1. The van der Waals surface area contributed by atoms with E-state index in [-0.39, 0.29) is 12.8 Å². The lowest BCUT2D eigenvalue weighted by molar-refractivity contribution is -0.141. The Morgan fingerprint density at radius 3 is 1.85 bits per heavy atom. The van der Waals surface area contributed by atoms with Crippen molar-refractivity contribution in [1.29, 1.82) is 0 Å². The number of amides is 3. The van der Waals surface area contributed by atoms with Gasteiger partial charge in [-0.05, 0) is 17.5 Å². The number of carboxylic acids is 1. The van der Waals surface area contributed by atoms with Crippen LogP contribution in [0.15, 0.2) is 60.7 Å². The monoisotopic (exact) mass is 456 g/mol. The average molecular weight is 456 g/mol. The highest BCUT2D eigenvalue weighted by Gasteiger charge is 2.25. The van der Waals surface area contributed by atoms with Gasteiger partial charge in [0.05, 0.1) is 19.2 Å². The number of aliphatic hydroxyl groups excluding tert-OH is 1. The van der Waals surface area contributed by atoms with Crippen molar-refractivity contribution in [1.82, 2.24) is 16.0 Å². The Bertz CT molecular complexity index is 938. The molecule has 0 aromatic heterocycles. The van der Waals surface area contributed by atoms with Gasteiger partial charge in [-0.1, -0.05) is 60.7 Å². The Hall–Kier alpha value is -3.76. The van der Waals surface area contributed by atoms with E-state index in [1.54, 1.807) is 30.3 Å². The molecular weight excluding hydrogens is 428 g/mol. The number of carboxylic acid groups (broad SMARTS) is 1. The molecule has 0 aliphatic heterocycles. The van der Waals surface area contributed by atoms with Crippen LogP contribution in [0.25, 0.3) is 0 Å². The lowest BCUT2D eigenvalue weighted by Gasteiger charge is -2.19. The molecule has 3 atom stereocenters. The highest BCUT2D eigenvalue weighted by Crippen LogP contribution is 2.04. The first-order valence-electron chi connectivity index (χ1n) is 10.3. The molecule has 10 nitrogen and oxygen atoms in total. The van der Waals surface area contributed by atoms with E-state index in [0.717, 1.165) is 11.1 Å². The maximum Gasteiger partial charge on any atom is 0.326 e. The first-order chi connectivity index (χ1) is 15.8. The molecule has 2 aromatic carbocycles. The Morgan fingerprint density at radius 2 is 1.33 bits per heavy atom. The Morgan fingerprint density at radius 1 is 0.788 bits per heavy atom. The molecule has 2 aromatic rings. The molecule has 10 heteroatoms. The van der Waals surface area contributed by atoms with E-state index in [1.807, 2.05) is 30.3 Å². The fraction of sp³-hybridized carbons (Fsp3) is 0.304. The van der Waals surface area contributed by atoms with Gasteiger partial charge in [-0.2, -0.15) is 0 Å². The van der Waals surface area contributed by atoms with Crippen molar-refractivity contribution in [2.45, 2.75) is 31.0 Å². The van der Waals surface area contributed by atoms with Crippen LogP contribution >= 0.6 is 0 Å². The van der Waals surface area contributed by atoms with Gasteiger partial charge in [-0.25, -0.2) is 4.79 Å². The summed E-state index contributed by atoms with van der Waals surface area (Å²) in [7, 11) is 0. The molecule has 3 amide bonds. The molecule has 176 valence electrons. The molecular formula is C23H28N4O6. The van der Waals surface area contributed by atoms with Gasteiger partial charge in [0.1, 0.15) is 12.1 Å². The first-order valence-corrected chi connectivity index (χ1v) is 10.3. The van der Waals surface area contributed by atoms with Crippen LogP contribution in [0.4, 0.5) is 0 Å². The van der Waals surface area contributed by atoms with Crippen molar-refractivity contribution < 1.29 is 29.4 Å². The second-order valence-electron chi connectivity index (χ2n) is 7.41. The van der Waals surface area contributed by atoms with Crippen molar-refractivity contribution in [2.75, 3.05) is 13.2 Å². The maximum atomic E-state index is 12.3. The normalized spacial score (nSPS) is 13.3. The third kappa shape index (κ3) is 8.71. The molecule has 0 bridgehead atoms. The van der Waals surface area contributed by atoms with Crippen molar-refractivity contribution in [2.24, 2.45) is 5.73 Å². The summed E-state index contributed by atoms with van der Waals surface area (Å²) in [4.78, 5) is 48.2. The lowest BCUT2D eigenvalue weighted by atomic mass is 10.1. The SMILES string of the molecule is NC(Cc1ccccc1)C(=O)NC(CO)C(=O)NCC(=O)NC(Cc1ccccc1)C(=O)O. The second-order valence-corrected chi connectivity index (χ2v) is 7.41. The van der Waals surface area contributed by atoms with E-state index in [2.05, 4.69) is 16.0 Å². The van der Waals surface area contributed by atoms with E-state index >= 15 is 0 Å². The minimum absolute atomic E-state index is 0.0739. The number of aliphatic hydroxyl groups is 1. The average Bonchev–Trinajstić information content (AvgIpc) is 2.81. The number of benzene rings is 2. The Balaban J connectivity index is 1.83. The van der Waals surface area contributed by atoms with Gasteiger partial charge in [-0.3, -0.25) is 14.4 Å². The van der Waals surface area contributed by atoms with Crippen LogP contribution < -0.4 is 21.7 Å². The van der Waals surface area contributed by atoms with Crippen LogP contribution in [0.1, 0.15) is 11.1 Å². The molecule has 3 unspecified atom stereocenters. The largest absolute Gasteiger partial charge is 0.480 e. The molecule has 0 spiro atoms. The molecule has 7 N–H and O–H groups in total. The second kappa shape index (κ2) is 12.9. The fourth-order valence-electron chi connectivity index (χ4n) is 3.02. The smallest absolute Gasteiger partial charge is 0.326 e. The zero-order valence-corrected chi connectivity index (χ0v) is 17.9. The van der Waals surface area contributed by atoms with Crippen molar-refractivity contribution >= 4 is 23.7 Å². The van der Waals surface area contributed by atoms with Gasteiger partial charge >= 0.3 is 5.97 Å². The Kier molecular flexibility index (Phi) is 10.00. The summed E-state index contributed by atoms with van der Waals surface area (Å²) in [6, 6.07) is 14.4. The van der Waals surface area contributed by atoms with Gasteiger partial charge in [0.15, 0.2) is 0 Å². The molecule has 33 heavy (non-hydrogen) atoms. The lowest BCUT2D eigenvalue weighted by Crippen LogP contribution is -2.55. The van der Waals surface area contributed by atoms with E-state index < -0.39 is 55.0 Å². The molecule has 0 fully saturated rings. The number of carbonyl (C=O) groups excluding carboxylic acids is 3. The van der Waals surface area contributed by atoms with Crippen LogP contribution in [-0.2, 0) is 32.0 Å². The summed E-state index contributed by atoms with van der Waals surface area (Å²) in [5, 5.41) is 25.8. The summed E-state index contributed by atoms with van der Waals surface area (Å²) >= 11 is 0. The van der Waals surface area contributed by atoms with Crippen molar-refractivity contribution in [3.8, 4) is 0 Å². The predicted molar refractivity (Wildman–Crippen MR) is 120 cm³/mol. The molecule has 0 radical (unpaired) electrons. The molecule has 0 aliphatic carbocycles. The summed E-state index contributed by atoms with van der Waals surface area (Å²) in [5.74, 6) is -3.38. The molecule has 0 saturated carbocycles. The fourth-order valence-corrected chi connectivity index (χ4v) is 3.02. The van der Waals surface area contributed by atoms with Gasteiger partial charge < -0.3 is 31.9 Å². The molecule has 0 saturated heterocycles. The van der Waals surface area contributed by atoms with Crippen LogP contribution in [0.2, 0.25) is 0 Å². The first kappa shape index (κ1) is 25.5. The zero-order chi connectivity index (χ0) is 24.2. The number of rotatable bonds is 12. The third-order valence-corrected chi connectivity index (χ3v) is 4.79. The van der Waals surface area contributed by atoms with Gasteiger partial charge in [0, 0.05) is 6.42 Å². The van der Waals surface area contributed by atoms with E-state index in [9.17, 15) is 29.4 Å². The van der Waals surface area contributed by atoms with Crippen LogP contribution in [0.3, 0.4) is 0 Å². The predicted octanol–water partition coefficient (Wildman–Crippen LogP) is -1.04. The summed E-state index contributed by atoms with van der Waals surface area (Å²) in [5.41, 5.74) is 7.44. The van der Waals surface area contributed by atoms with Crippen molar-refractivity contribution in [3.63, 3.8) is 0 Å². The third-order valence-electron chi connectivity index (χ3n) is 4.79. The van der Waals surface area contributed by atoms with Crippen LogP contribution in [-0.4, -0.2) is 65.2 Å². The molecule has 0 aliphatic rings. The van der Waals surface area contributed by atoms with Gasteiger partial charge in [0.25, 0.3) is 0 Å². The van der Waals surface area contributed by atoms with Gasteiger partial charge in [0.2, 0.25) is 17.7 Å². The quantitative estimate of drug-likeness (QED) is 0.237. The van der Waals surface area contributed by atoms with Crippen LogP contribution in [0.5, 0.6) is 0 Å². The highest BCUT2D eigenvalue weighted by atomic mass is 16.4. The molecule has 2 rings (SSSR count). The zero-order valence-electron chi connectivity index (χ0n) is 17.9. The summed E-state index contributed by atoms with van der Waals surface area (Å²) in [6.07, 6.45) is 0.317.